The Morgan fingerprint density at radius 1 is 1.14 bits per heavy atom. The fourth-order valence-corrected chi connectivity index (χ4v) is 3.66. The SMILES string of the molecule is Cc1nn(Cc2ccccc2Cl)c(C)c1C(=O)NCCc1cn2ccccc2n1. The van der Waals surface area contributed by atoms with Gasteiger partial charge in [0.1, 0.15) is 5.65 Å². The monoisotopic (exact) mass is 407 g/mol. The summed E-state index contributed by atoms with van der Waals surface area (Å²) in [7, 11) is 0. The molecule has 0 aliphatic rings. The van der Waals surface area contributed by atoms with Gasteiger partial charge in [-0.05, 0) is 37.6 Å². The second-order valence-electron chi connectivity index (χ2n) is 7.00. The summed E-state index contributed by atoms with van der Waals surface area (Å²) in [5, 5.41) is 8.23. The zero-order valence-corrected chi connectivity index (χ0v) is 17.1. The number of nitrogens with one attached hydrogen (secondary N) is 1. The molecule has 3 heterocycles. The topological polar surface area (TPSA) is 64.2 Å². The van der Waals surface area contributed by atoms with Crippen molar-refractivity contribution in [3.63, 3.8) is 0 Å². The van der Waals surface area contributed by atoms with E-state index in [2.05, 4.69) is 15.4 Å². The van der Waals surface area contributed by atoms with Crippen LogP contribution in [0, 0.1) is 13.8 Å². The number of hydrogen-bond acceptors (Lipinski definition) is 3. The van der Waals surface area contributed by atoms with Crippen molar-refractivity contribution < 1.29 is 4.79 Å². The Labute approximate surface area is 174 Å². The molecule has 0 atom stereocenters. The summed E-state index contributed by atoms with van der Waals surface area (Å²) in [6, 6.07) is 13.5. The lowest BCUT2D eigenvalue weighted by Crippen LogP contribution is -2.26. The summed E-state index contributed by atoms with van der Waals surface area (Å²) in [6.07, 6.45) is 4.61. The summed E-state index contributed by atoms with van der Waals surface area (Å²) in [5.74, 6) is -0.117. The molecular formula is C22H22ClN5O. The molecule has 7 heteroatoms. The number of aryl methyl sites for hydroxylation is 1. The van der Waals surface area contributed by atoms with Gasteiger partial charge in [0.05, 0.1) is 23.5 Å². The minimum atomic E-state index is -0.117. The quantitative estimate of drug-likeness (QED) is 0.528. The summed E-state index contributed by atoms with van der Waals surface area (Å²) >= 11 is 6.26. The molecule has 0 bridgehead atoms. The highest BCUT2D eigenvalue weighted by atomic mass is 35.5. The Morgan fingerprint density at radius 3 is 2.72 bits per heavy atom. The van der Waals surface area contributed by atoms with Crippen LogP contribution in [0.25, 0.3) is 5.65 Å². The Hall–Kier alpha value is -3.12. The van der Waals surface area contributed by atoms with Crippen molar-refractivity contribution >= 4 is 23.2 Å². The molecule has 0 saturated heterocycles. The van der Waals surface area contributed by atoms with Crippen molar-refractivity contribution in [3.8, 4) is 0 Å². The lowest BCUT2D eigenvalue weighted by Gasteiger charge is -2.08. The lowest BCUT2D eigenvalue weighted by molar-refractivity contribution is 0.0952. The summed E-state index contributed by atoms with van der Waals surface area (Å²) in [4.78, 5) is 17.3. The van der Waals surface area contributed by atoms with E-state index in [1.807, 2.05) is 77.8 Å². The standard InChI is InChI=1S/C22H22ClN5O/c1-15-21(16(2)28(26-15)13-17-7-3-4-8-19(17)23)22(29)24-11-10-18-14-27-12-6-5-9-20(27)25-18/h3-9,12,14H,10-11,13H2,1-2H3,(H,24,29). The van der Waals surface area contributed by atoms with E-state index < -0.39 is 0 Å². The van der Waals surface area contributed by atoms with E-state index in [-0.39, 0.29) is 5.91 Å². The van der Waals surface area contributed by atoms with Crippen LogP contribution in [0.4, 0.5) is 0 Å². The van der Waals surface area contributed by atoms with Crippen molar-refractivity contribution in [2.24, 2.45) is 0 Å². The molecular weight excluding hydrogens is 386 g/mol. The van der Waals surface area contributed by atoms with Crippen LogP contribution in [0.2, 0.25) is 5.02 Å². The maximum Gasteiger partial charge on any atom is 0.255 e. The third kappa shape index (κ3) is 4.03. The van der Waals surface area contributed by atoms with Gasteiger partial charge >= 0.3 is 0 Å². The van der Waals surface area contributed by atoms with E-state index in [0.29, 0.717) is 35.8 Å². The minimum Gasteiger partial charge on any atom is -0.352 e. The Balaban J connectivity index is 1.43. The fraction of sp³-hybridized carbons (Fsp3) is 0.227. The zero-order chi connectivity index (χ0) is 20.4. The average molecular weight is 408 g/mol. The van der Waals surface area contributed by atoms with E-state index in [0.717, 1.165) is 22.6 Å². The number of nitrogens with zero attached hydrogens (tertiary/aromatic N) is 4. The number of carbonyl (C=O) groups excluding carboxylic acids is 1. The minimum absolute atomic E-state index is 0.117. The maximum atomic E-state index is 12.8. The number of aromatic nitrogens is 4. The molecule has 0 spiro atoms. The Morgan fingerprint density at radius 2 is 1.93 bits per heavy atom. The molecule has 0 saturated carbocycles. The first-order valence-corrected chi connectivity index (χ1v) is 9.89. The normalized spacial score (nSPS) is 11.1. The van der Waals surface area contributed by atoms with Crippen molar-refractivity contribution in [3.05, 3.63) is 88.1 Å². The molecule has 0 unspecified atom stereocenters. The molecule has 4 rings (SSSR count). The molecule has 29 heavy (non-hydrogen) atoms. The lowest BCUT2D eigenvalue weighted by atomic mass is 10.1. The van der Waals surface area contributed by atoms with Crippen LogP contribution < -0.4 is 5.32 Å². The first-order chi connectivity index (χ1) is 14.0. The Bertz CT molecular complexity index is 1140. The van der Waals surface area contributed by atoms with Gasteiger partial charge in [-0.15, -0.1) is 0 Å². The fourth-order valence-electron chi connectivity index (χ4n) is 3.47. The van der Waals surface area contributed by atoms with Crippen molar-refractivity contribution in [2.45, 2.75) is 26.8 Å². The van der Waals surface area contributed by atoms with Crippen LogP contribution in [0.5, 0.6) is 0 Å². The number of rotatable bonds is 6. The molecule has 6 nitrogen and oxygen atoms in total. The number of imidazole rings is 1. The first-order valence-electron chi connectivity index (χ1n) is 9.51. The van der Waals surface area contributed by atoms with Crippen LogP contribution in [0.15, 0.2) is 54.9 Å². The summed E-state index contributed by atoms with van der Waals surface area (Å²) in [6.45, 7) is 4.80. The van der Waals surface area contributed by atoms with E-state index in [1.165, 1.54) is 0 Å². The first kappa shape index (κ1) is 19.2. The second kappa shape index (κ2) is 8.09. The van der Waals surface area contributed by atoms with Gasteiger partial charge in [0.15, 0.2) is 0 Å². The molecule has 148 valence electrons. The largest absolute Gasteiger partial charge is 0.352 e. The number of pyridine rings is 1. The van der Waals surface area contributed by atoms with E-state index in [9.17, 15) is 4.79 Å². The Kier molecular flexibility index (Phi) is 5.36. The molecule has 0 radical (unpaired) electrons. The smallest absolute Gasteiger partial charge is 0.255 e. The second-order valence-corrected chi connectivity index (χ2v) is 7.41. The van der Waals surface area contributed by atoms with Crippen LogP contribution in [0.3, 0.4) is 0 Å². The molecule has 1 N–H and O–H groups in total. The number of fused-ring (bicyclic) bond motifs is 1. The van der Waals surface area contributed by atoms with Gasteiger partial charge in [0.25, 0.3) is 5.91 Å². The number of amides is 1. The molecule has 0 aliphatic heterocycles. The zero-order valence-electron chi connectivity index (χ0n) is 16.4. The van der Waals surface area contributed by atoms with Crippen LogP contribution in [0.1, 0.15) is 33.0 Å². The predicted octanol–water partition coefficient (Wildman–Crippen LogP) is 3.82. The van der Waals surface area contributed by atoms with Crippen LogP contribution in [-0.4, -0.2) is 31.6 Å². The number of benzene rings is 1. The van der Waals surface area contributed by atoms with E-state index >= 15 is 0 Å². The van der Waals surface area contributed by atoms with Gasteiger partial charge in [-0.2, -0.15) is 5.10 Å². The molecule has 1 aromatic carbocycles. The highest BCUT2D eigenvalue weighted by Gasteiger charge is 2.19. The van der Waals surface area contributed by atoms with Crippen molar-refractivity contribution in [1.82, 2.24) is 24.5 Å². The summed E-state index contributed by atoms with van der Waals surface area (Å²) in [5.41, 5.74) is 4.97. The van der Waals surface area contributed by atoms with Gasteiger partial charge in [0.2, 0.25) is 0 Å². The number of hydrogen-bond donors (Lipinski definition) is 1. The van der Waals surface area contributed by atoms with Gasteiger partial charge in [-0.25, -0.2) is 4.98 Å². The maximum absolute atomic E-state index is 12.8. The molecule has 1 amide bonds. The highest BCUT2D eigenvalue weighted by Crippen LogP contribution is 2.19. The van der Waals surface area contributed by atoms with Crippen molar-refractivity contribution in [2.75, 3.05) is 6.54 Å². The van der Waals surface area contributed by atoms with Gasteiger partial charge in [0, 0.05) is 36.1 Å². The van der Waals surface area contributed by atoms with Gasteiger partial charge in [-0.1, -0.05) is 35.9 Å². The van der Waals surface area contributed by atoms with Crippen LogP contribution in [-0.2, 0) is 13.0 Å². The molecule has 0 fully saturated rings. The third-order valence-corrected chi connectivity index (χ3v) is 5.34. The average Bonchev–Trinajstić information content (AvgIpc) is 3.23. The molecule has 0 aliphatic carbocycles. The summed E-state index contributed by atoms with van der Waals surface area (Å²) < 4.78 is 3.80. The van der Waals surface area contributed by atoms with Gasteiger partial charge < -0.3 is 9.72 Å². The van der Waals surface area contributed by atoms with Crippen molar-refractivity contribution in [1.29, 1.82) is 0 Å². The van der Waals surface area contributed by atoms with Crippen LogP contribution >= 0.6 is 11.6 Å². The molecule has 4 aromatic rings. The number of halogens is 1. The highest BCUT2D eigenvalue weighted by molar-refractivity contribution is 6.31. The van der Waals surface area contributed by atoms with E-state index in [4.69, 9.17) is 11.6 Å². The predicted molar refractivity (Wildman–Crippen MR) is 113 cm³/mol. The van der Waals surface area contributed by atoms with Gasteiger partial charge in [-0.3, -0.25) is 9.48 Å². The molecule has 3 aromatic heterocycles. The third-order valence-electron chi connectivity index (χ3n) is 4.97. The van der Waals surface area contributed by atoms with E-state index in [1.54, 1.807) is 0 Å². The number of carbonyl (C=O) groups is 1.